The predicted molar refractivity (Wildman–Crippen MR) is 59.4 cm³/mol. The number of aromatic amines is 1. The molecule has 0 atom stereocenters. The van der Waals surface area contributed by atoms with Crippen molar-refractivity contribution in [1.29, 1.82) is 5.26 Å². The zero-order valence-corrected chi connectivity index (χ0v) is 8.91. The fourth-order valence-corrected chi connectivity index (χ4v) is 1.66. The lowest BCUT2D eigenvalue weighted by molar-refractivity contribution is 0.627. The summed E-state index contributed by atoms with van der Waals surface area (Å²) in [6.07, 6.45) is 0.916. The smallest absolute Gasteiger partial charge is 0.107 e. The maximum absolute atomic E-state index is 8.92. The second-order valence-electron chi connectivity index (χ2n) is 4.10. The van der Waals surface area contributed by atoms with Crippen molar-refractivity contribution in [1.82, 2.24) is 9.97 Å². The summed E-state index contributed by atoms with van der Waals surface area (Å²) < 4.78 is 0. The van der Waals surface area contributed by atoms with Crippen LogP contribution in [0.15, 0.2) is 18.2 Å². The van der Waals surface area contributed by atoms with Crippen molar-refractivity contribution < 1.29 is 0 Å². The summed E-state index contributed by atoms with van der Waals surface area (Å²) >= 11 is 0. The van der Waals surface area contributed by atoms with E-state index in [2.05, 4.69) is 29.9 Å². The van der Waals surface area contributed by atoms with E-state index in [1.54, 1.807) is 6.07 Å². The first-order valence-corrected chi connectivity index (χ1v) is 5.08. The first-order valence-electron chi connectivity index (χ1n) is 5.08. The number of nitriles is 1. The van der Waals surface area contributed by atoms with Gasteiger partial charge in [0.05, 0.1) is 11.1 Å². The number of aromatic nitrogens is 2. The Balaban J connectivity index is 2.51. The molecular formula is C12H13N3. The fraction of sp³-hybridized carbons (Fsp3) is 0.333. The highest BCUT2D eigenvalue weighted by Crippen LogP contribution is 2.17. The minimum atomic E-state index is 0.566. The van der Waals surface area contributed by atoms with E-state index in [9.17, 15) is 0 Å². The average molecular weight is 199 g/mol. The van der Waals surface area contributed by atoms with Gasteiger partial charge in [0.1, 0.15) is 17.4 Å². The van der Waals surface area contributed by atoms with Crippen LogP contribution in [0.3, 0.4) is 0 Å². The van der Waals surface area contributed by atoms with Crippen LogP contribution >= 0.6 is 0 Å². The molecule has 1 heterocycles. The Hall–Kier alpha value is -1.82. The number of rotatable bonds is 2. The molecule has 0 amide bonds. The lowest BCUT2D eigenvalue weighted by Gasteiger charge is -1.98. The molecule has 0 unspecified atom stereocenters. The molecule has 1 aromatic carbocycles. The van der Waals surface area contributed by atoms with Crippen molar-refractivity contribution in [2.45, 2.75) is 20.3 Å². The Morgan fingerprint density at radius 1 is 1.47 bits per heavy atom. The Bertz CT molecular complexity index is 517. The van der Waals surface area contributed by atoms with Crippen LogP contribution in [0, 0.1) is 17.2 Å². The monoisotopic (exact) mass is 199 g/mol. The number of hydrogen-bond donors (Lipinski definition) is 1. The van der Waals surface area contributed by atoms with Crippen LogP contribution in [0.25, 0.3) is 11.0 Å². The minimum Gasteiger partial charge on any atom is -0.342 e. The number of H-pyrrole nitrogens is 1. The molecule has 15 heavy (non-hydrogen) atoms. The van der Waals surface area contributed by atoms with Gasteiger partial charge in [0.15, 0.2) is 0 Å². The SMILES string of the molecule is CC(C)Cc1nc2c(C#N)cccc2[nH]1. The zero-order valence-electron chi connectivity index (χ0n) is 8.91. The maximum atomic E-state index is 8.92. The molecular weight excluding hydrogens is 186 g/mol. The lowest BCUT2D eigenvalue weighted by atomic mass is 10.1. The fourth-order valence-electron chi connectivity index (χ4n) is 1.66. The van der Waals surface area contributed by atoms with Crippen LogP contribution in [0.4, 0.5) is 0 Å². The van der Waals surface area contributed by atoms with Crippen LogP contribution in [-0.4, -0.2) is 9.97 Å². The first-order chi connectivity index (χ1) is 7.20. The number of fused-ring (bicyclic) bond motifs is 1. The minimum absolute atomic E-state index is 0.566. The number of para-hydroxylation sites is 1. The Kier molecular flexibility index (Phi) is 2.42. The van der Waals surface area contributed by atoms with Gasteiger partial charge in [0.2, 0.25) is 0 Å². The molecule has 2 rings (SSSR count). The van der Waals surface area contributed by atoms with E-state index in [0.717, 1.165) is 23.3 Å². The van der Waals surface area contributed by atoms with Crippen LogP contribution < -0.4 is 0 Å². The van der Waals surface area contributed by atoms with Crippen LogP contribution in [0.1, 0.15) is 25.2 Å². The highest BCUT2D eigenvalue weighted by atomic mass is 14.9. The molecule has 3 nitrogen and oxygen atoms in total. The van der Waals surface area contributed by atoms with Gasteiger partial charge in [-0.1, -0.05) is 19.9 Å². The Morgan fingerprint density at radius 3 is 2.93 bits per heavy atom. The van der Waals surface area contributed by atoms with Crippen molar-refractivity contribution in [2.24, 2.45) is 5.92 Å². The van der Waals surface area contributed by atoms with E-state index in [1.165, 1.54) is 0 Å². The Labute approximate surface area is 88.8 Å². The van der Waals surface area contributed by atoms with Gasteiger partial charge in [-0.15, -0.1) is 0 Å². The van der Waals surface area contributed by atoms with Gasteiger partial charge in [-0.2, -0.15) is 5.26 Å². The molecule has 0 spiro atoms. The van der Waals surface area contributed by atoms with Crippen LogP contribution in [0.5, 0.6) is 0 Å². The predicted octanol–water partition coefficient (Wildman–Crippen LogP) is 2.63. The highest BCUT2D eigenvalue weighted by Gasteiger charge is 2.07. The lowest BCUT2D eigenvalue weighted by Crippen LogP contribution is -1.95. The van der Waals surface area contributed by atoms with E-state index in [-0.39, 0.29) is 0 Å². The summed E-state index contributed by atoms with van der Waals surface area (Å²) in [5.41, 5.74) is 2.37. The topological polar surface area (TPSA) is 52.5 Å². The molecule has 76 valence electrons. The van der Waals surface area contributed by atoms with Crippen molar-refractivity contribution in [3.05, 3.63) is 29.6 Å². The number of benzene rings is 1. The number of hydrogen-bond acceptors (Lipinski definition) is 2. The van der Waals surface area contributed by atoms with Crippen molar-refractivity contribution in [2.75, 3.05) is 0 Å². The second-order valence-corrected chi connectivity index (χ2v) is 4.10. The summed E-state index contributed by atoms with van der Waals surface area (Å²) in [5, 5.41) is 8.92. The van der Waals surface area contributed by atoms with E-state index in [0.29, 0.717) is 11.5 Å². The molecule has 0 radical (unpaired) electrons. The molecule has 0 aliphatic rings. The molecule has 2 aromatic rings. The average Bonchev–Trinajstić information content (AvgIpc) is 2.58. The molecule has 0 aliphatic heterocycles. The van der Waals surface area contributed by atoms with Gasteiger partial charge >= 0.3 is 0 Å². The summed E-state index contributed by atoms with van der Waals surface area (Å²) in [7, 11) is 0. The maximum Gasteiger partial charge on any atom is 0.107 e. The quantitative estimate of drug-likeness (QED) is 0.808. The summed E-state index contributed by atoms with van der Waals surface area (Å²) in [4.78, 5) is 7.68. The first kappa shape index (κ1) is 9.72. The van der Waals surface area contributed by atoms with Gasteiger partial charge in [0.25, 0.3) is 0 Å². The van der Waals surface area contributed by atoms with Gasteiger partial charge in [-0.3, -0.25) is 0 Å². The van der Waals surface area contributed by atoms with E-state index in [1.807, 2.05) is 12.1 Å². The molecule has 0 saturated heterocycles. The molecule has 1 N–H and O–H groups in total. The van der Waals surface area contributed by atoms with E-state index >= 15 is 0 Å². The molecule has 0 bridgehead atoms. The van der Waals surface area contributed by atoms with Crippen LogP contribution in [0.2, 0.25) is 0 Å². The third-order valence-corrected chi connectivity index (χ3v) is 2.28. The van der Waals surface area contributed by atoms with Crippen LogP contribution in [-0.2, 0) is 6.42 Å². The summed E-state index contributed by atoms with van der Waals surface area (Å²) in [6.45, 7) is 4.30. The molecule has 0 aliphatic carbocycles. The van der Waals surface area contributed by atoms with Gasteiger partial charge in [-0.05, 0) is 18.1 Å². The standard InChI is InChI=1S/C12H13N3/c1-8(2)6-11-14-10-5-3-4-9(7-13)12(10)15-11/h3-5,8H,6H2,1-2H3,(H,14,15). The molecule has 0 saturated carbocycles. The molecule has 3 heteroatoms. The summed E-state index contributed by atoms with van der Waals surface area (Å²) in [6, 6.07) is 7.77. The Morgan fingerprint density at radius 2 is 2.27 bits per heavy atom. The highest BCUT2D eigenvalue weighted by molar-refractivity contribution is 5.81. The largest absolute Gasteiger partial charge is 0.342 e. The second kappa shape index (κ2) is 3.74. The van der Waals surface area contributed by atoms with Gasteiger partial charge < -0.3 is 4.98 Å². The number of imidazole rings is 1. The third-order valence-electron chi connectivity index (χ3n) is 2.28. The number of nitrogens with zero attached hydrogens (tertiary/aromatic N) is 2. The molecule has 1 aromatic heterocycles. The van der Waals surface area contributed by atoms with Crippen molar-refractivity contribution >= 4 is 11.0 Å². The van der Waals surface area contributed by atoms with E-state index in [4.69, 9.17) is 5.26 Å². The van der Waals surface area contributed by atoms with Gasteiger partial charge in [0, 0.05) is 6.42 Å². The third kappa shape index (κ3) is 1.84. The molecule has 0 fully saturated rings. The number of nitrogens with one attached hydrogen (secondary N) is 1. The van der Waals surface area contributed by atoms with Crippen molar-refractivity contribution in [3.63, 3.8) is 0 Å². The van der Waals surface area contributed by atoms with E-state index < -0.39 is 0 Å². The summed E-state index contributed by atoms with van der Waals surface area (Å²) in [5.74, 6) is 1.53. The van der Waals surface area contributed by atoms with Crippen molar-refractivity contribution in [3.8, 4) is 6.07 Å². The normalized spacial score (nSPS) is 10.8. The van der Waals surface area contributed by atoms with Gasteiger partial charge in [-0.25, -0.2) is 4.98 Å². The zero-order chi connectivity index (χ0) is 10.8.